The average Bonchev–Trinajstić information content (AvgIpc) is 2.44. The third-order valence-electron chi connectivity index (χ3n) is 3.33. The molecule has 0 fully saturated rings. The molecule has 0 heterocycles. The highest BCUT2D eigenvalue weighted by Gasteiger charge is 2.19. The van der Waals surface area contributed by atoms with E-state index in [1.54, 1.807) is 11.8 Å². The molecule has 0 aliphatic rings. The van der Waals surface area contributed by atoms with Crippen molar-refractivity contribution in [2.45, 2.75) is 26.8 Å². The number of nitrogens with zero attached hydrogens (tertiary/aromatic N) is 1. The second-order valence-corrected chi connectivity index (χ2v) is 4.82. The number of aliphatic carboxylic acids is 1. The first kappa shape index (κ1) is 16.2. The van der Waals surface area contributed by atoms with Gasteiger partial charge >= 0.3 is 5.97 Å². The summed E-state index contributed by atoms with van der Waals surface area (Å²) >= 11 is 0. The molecule has 1 unspecified atom stereocenters. The molecule has 20 heavy (non-hydrogen) atoms. The Morgan fingerprint density at radius 2 is 1.90 bits per heavy atom. The van der Waals surface area contributed by atoms with E-state index >= 15 is 0 Å². The number of rotatable bonds is 7. The molecular weight excluding hydrogens is 256 g/mol. The standard InChI is InChI=1S/C15H22N2O3/c1-3-17(10-11(2)15(19)20)14(18)8-12-6-4-5-7-13(12)9-16/h4-7,11H,3,8-10,16H2,1-2H3,(H,19,20). The van der Waals surface area contributed by atoms with Crippen molar-refractivity contribution in [3.63, 3.8) is 0 Å². The van der Waals surface area contributed by atoms with E-state index in [0.717, 1.165) is 11.1 Å². The fraction of sp³-hybridized carbons (Fsp3) is 0.467. The molecule has 0 aliphatic carbocycles. The maximum atomic E-state index is 12.3. The van der Waals surface area contributed by atoms with Crippen LogP contribution in [0.3, 0.4) is 0 Å². The fourth-order valence-electron chi connectivity index (χ4n) is 2.02. The summed E-state index contributed by atoms with van der Waals surface area (Å²) in [6.45, 7) is 4.57. The molecule has 1 aromatic carbocycles. The zero-order valence-corrected chi connectivity index (χ0v) is 12.0. The molecule has 0 spiro atoms. The van der Waals surface area contributed by atoms with E-state index in [2.05, 4.69) is 0 Å². The summed E-state index contributed by atoms with van der Waals surface area (Å²) < 4.78 is 0. The van der Waals surface area contributed by atoms with Gasteiger partial charge < -0.3 is 15.7 Å². The van der Waals surface area contributed by atoms with Crippen molar-refractivity contribution in [3.05, 3.63) is 35.4 Å². The number of amides is 1. The van der Waals surface area contributed by atoms with Crippen LogP contribution >= 0.6 is 0 Å². The highest BCUT2D eigenvalue weighted by atomic mass is 16.4. The van der Waals surface area contributed by atoms with E-state index in [-0.39, 0.29) is 18.9 Å². The monoisotopic (exact) mass is 278 g/mol. The molecule has 1 rings (SSSR count). The predicted octanol–water partition coefficient (Wildman–Crippen LogP) is 1.26. The van der Waals surface area contributed by atoms with Gasteiger partial charge in [0.25, 0.3) is 0 Å². The third-order valence-corrected chi connectivity index (χ3v) is 3.33. The first-order chi connectivity index (χ1) is 9.49. The number of hydrogen-bond donors (Lipinski definition) is 2. The predicted molar refractivity (Wildman–Crippen MR) is 77.1 cm³/mol. The summed E-state index contributed by atoms with van der Waals surface area (Å²) in [7, 11) is 0. The summed E-state index contributed by atoms with van der Waals surface area (Å²) in [6.07, 6.45) is 0.257. The van der Waals surface area contributed by atoms with Crippen LogP contribution in [-0.2, 0) is 22.6 Å². The molecule has 5 nitrogen and oxygen atoms in total. The van der Waals surface area contributed by atoms with E-state index < -0.39 is 11.9 Å². The van der Waals surface area contributed by atoms with E-state index in [0.29, 0.717) is 13.1 Å². The van der Waals surface area contributed by atoms with Gasteiger partial charge in [-0.3, -0.25) is 9.59 Å². The Bertz CT molecular complexity index is 474. The van der Waals surface area contributed by atoms with Gasteiger partial charge in [0.15, 0.2) is 0 Å². The van der Waals surface area contributed by atoms with E-state index in [1.807, 2.05) is 31.2 Å². The normalized spacial score (nSPS) is 11.9. The lowest BCUT2D eigenvalue weighted by Crippen LogP contribution is -2.37. The molecule has 0 radical (unpaired) electrons. The van der Waals surface area contributed by atoms with Crippen LogP contribution in [0.1, 0.15) is 25.0 Å². The Morgan fingerprint density at radius 1 is 1.30 bits per heavy atom. The first-order valence-electron chi connectivity index (χ1n) is 6.77. The van der Waals surface area contributed by atoms with Crippen molar-refractivity contribution in [1.29, 1.82) is 0 Å². The van der Waals surface area contributed by atoms with Crippen LogP contribution in [0.5, 0.6) is 0 Å². The van der Waals surface area contributed by atoms with Crippen LogP contribution < -0.4 is 5.73 Å². The van der Waals surface area contributed by atoms with Gasteiger partial charge in [0.2, 0.25) is 5.91 Å². The molecule has 1 atom stereocenters. The molecule has 1 aromatic rings. The quantitative estimate of drug-likeness (QED) is 0.786. The summed E-state index contributed by atoms with van der Waals surface area (Å²) in [4.78, 5) is 24.7. The Hall–Kier alpha value is -1.88. The smallest absolute Gasteiger partial charge is 0.308 e. The van der Waals surface area contributed by atoms with Gasteiger partial charge in [-0.2, -0.15) is 0 Å². The molecule has 5 heteroatoms. The molecule has 0 saturated heterocycles. The molecule has 0 saturated carbocycles. The third kappa shape index (κ3) is 4.35. The molecular formula is C15H22N2O3. The first-order valence-corrected chi connectivity index (χ1v) is 6.77. The van der Waals surface area contributed by atoms with Crippen LogP contribution in [-0.4, -0.2) is 35.0 Å². The summed E-state index contributed by atoms with van der Waals surface area (Å²) in [5.74, 6) is -1.52. The maximum absolute atomic E-state index is 12.3. The largest absolute Gasteiger partial charge is 0.481 e. The zero-order chi connectivity index (χ0) is 15.1. The number of carboxylic acid groups (broad SMARTS) is 1. The molecule has 1 amide bonds. The highest BCUT2D eigenvalue weighted by Crippen LogP contribution is 2.11. The number of likely N-dealkylation sites (N-methyl/N-ethyl adjacent to an activating group) is 1. The highest BCUT2D eigenvalue weighted by molar-refractivity contribution is 5.80. The minimum absolute atomic E-state index is 0.0681. The van der Waals surface area contributed by atoms with Crippen molar-refractivity contribution in [2.24, 2.45) is 11.7 Å². The molecule has 110 valence electrons. The summed E-state index contributed by atoms with van der Waals surface area (Å²) in [5.41, 5.74) is 7.50. The van der Waals surface area contributed by atoms with Crippen molar-refractivity contribution in [2.75, 3.05) is 13.1 Å². The van der Waals surface area contributed by atoms with Gasteiger partial charge in [0, 0.05) is 19.6 Å². The van der Waals surface area contributed by atoms with Gasteiger partial charge in [0.1, 0.15) is 0 Å². The van der Waals surface area contributed by atoms with Crippen LogP contribution in [0.4, 0.5) is 0 Å². The van der Waals surface area contributed by atoms with E-state index in [4.69, 9.17) is 10.8 Å². The van der Waals surface area contributed by atoms with E-state index in [1.165, 1.54) is 0 Å². The minimum Gasteiger partial charge on any atom is -0.481 e. The minimum atomic E-state index is -0.890. The second-order valence-electron chi connectivity index (χ2n) is 4.82. The second kappa shape index (κ2) is 7.65. The zero-order valence-electron chi connectivity index (χ0n) is 12.0. The summed E-state index contributed by atoms with van der Waals surface area (Å²) in [5, 5.41) is 8.93. The average molecular weight is 278 g/mol. The lowest BCUT2D eigenvalue weighted by atomic mass is 10.0. The number of benzene rings is 1. The van der Waals surface area contributed by atoms with Crippen LogP contribution in [0.15, 0.2) is 24.3 Å². The van der Waals surface area contributed by atoms with Gasteiger partial charge in [0.05, 0.1) is 12.3 Å². The molecule has 3 N–H and O–H groups in total. The van der Waals surface area contributed by atoms with Crippen molar-refractivity contribution < 1.29 is 14.7 Å². The molecule has 0 aromatic heterocycles. The SMILES string of the molecule is CCN(CC(C)C(=O)O)C(=O)Cc1ccccc1CN. The number of carbonyl (C=O) groups is 2. The van der Waals surface area contributed by atoms with E-state index in [9.17, 15) is 9.59 Å². The van der Waals surface area contributed by atoms with Gasteiger partial charge in [-0.1, -0.05) is 31.2 Å². The number of nitrogens with two attached hydrogens (primary N) is 1. The van der Waals surface area contributed by atoms with Gasteiger partial charge in [-0.25, -0.2) is 0 Å². The maximum Gasteiger partial charge on any atom is 0.308 e. The van der Waals surface area contributed by atoms with Crippen molar-refractivity contribution >= 4 is 11.9 Å². The lowest BCUT2D eigenvalue weighted by molar-refractivity contribution is -0.142. The van der Waals surface area contributed by atoms with Crippen LogP contribution in [0, 0.1) is 5.92 Å². The lowest BCUT2D eigenvalue weighted by Gasteiger charge is -2.23. The van der Waals surface area contributed by atoms with Crippen LogP contribution in [0.2, 0.25) is 0 Å². The van der Waals surface area contributed by atoms with Crippen molar-refractivity contribution in [3.8, 4) is 0 Å². The van der Waals surface area contributed by atoms with Crippen LogP contribution in [0.25, 0.3) is 0 Å². The van der Waals surface area contributed by atoms with Crippen molar-refractivity contribution in [1.82, 2.24) is 4.90 Å². The van der Waals surface area contributed by atoms with Gasteiger partial charge in [-0.15, -0.1) is 0 Å². The fourth-order valence-corrected chi connectivity index (χ4v) is 2.02. The molecule has 0 aliphatic heterocycles. The number of carboxylic acids is 1. The Kier molecular flexibility index (Phi) is 6.18. The molecule has 0 bridgehead atoms. The Balaban J connectivity index is 2.74. The number of carbonyl (C=O) groups excluding carboxylic acids is 1. The topological polar surface area (TPSA) is 83.6 Å². The van der Waals surface area contributed by atoms with Gasteiger partial charge in [-0.05, 0) is 18.1 Å². The number of hydrogen-bond acceptors (Lipinski definition) is 3. The Morgan fingerprint density at radius 3 is 2.40 bits per heavy atom. The summed E-state index contributed by atoms with van der Waals surface area (Å²) in [6, 6.07) is 7.55. The Labute approximate surface area is 119 Å².